The van der Waals surface area contributed by atoms with Gasteiger partial charge in [0.05, 0.1) is 0 Å². The molecule has 15 heavy (non-hydrogen) atoms. The monoisotopic (exact) mass is 209 g/mol. The van der Waals surface area contributed by atoms with Crippen molar-refractivity contribution in [1.82, 2.24) is 9.80 Å². The molecule has 2 rings (SSSR count). The Kier molecular flexibility index (Phi) is 4.04. The number of likely N-dealkylation sites (tertiary alicyclic amines) is 2. The van der Waals surface area contributed by atoms with Crippen molar-refractivity contribution in [2.24, 2.45) is 5.92 Å². The predicted molar refractivity (Wildman–Crippen MR) is 64.8 cm³/mol. The van der Waals surface area contributed by atoms with Crippen LogP contribution in [0.15, 0.2) is 0 Å². The maximum Gasteiger partial charge on any atom is 0.0124 e. The summed E-state index contributed by atoms with van der Waals surface area (Å²) in [6.07, 6.45) is 7.94. The molecule has 1 atom stereocenters. The van der Waals surface area contributed by atoms with Gasteiger partial charge in [0.1, 0.15) is 0 Å². The predicted octanol–water partition coefficient (Wildman–Crippen LogP) is 2.02. The van der Waals surface area contributed by atoms with Crippen LogP contribution in [0.3, 0.4) is 0 Å². The van der Waals surface area contributed by atoms with Gasteiger partial charge < -0.3 is 9.80 Å². The lowest BCUT2D eigenvalue weighted by Crippen LogP contribution is -2.46. The minimum atomic E-state index is 0.845. The number of hydrogen-bond donors (Lipinski definition) is 0. The highest BCUT2D eigenvalue weighted by atomic mass is 15.2. The first-order valence-corrected chi connectivity index (χ1v) is 6.55. The fourth-order valence-electron chi connectivity index (χ4n) is 3.14. The van der Waals surface area contributed by atoms with E-state index >= 15 is 0 Å². The zero-order valence-electron chi connectivity index (χ0n) is 10.3. The molecule has 0 aromatic carbocycles. The first-order valence-electron chi connectivity index (χ1n) is 6.55. The molecule has 2 aliphatic rings. The van der Waals surface area contributed by atoms with Crippen LogP contribution in [0.25, 0.3) is 0 Å². The van der Waals surface area contributed by atoms with Crippen molar-refractivity contribution < 1.29 is 0 Å². The average molecular weight is 209 g/mol. The molecular formula is C13H25N2. The van der Waals surface area contributed by atoms with E-state index in [0.29, 0.717) is 0 Å². The van der Waals surface area contributed by atoms with Crippen LogP contribution in [0.2, 0.25) is 0 Å². The maximum absolute atomic E-state index is 2.59. The normalized spacial score (nSPS) is 32.0. The van der Waals surface area contributed by atoms with E-state index in [-0.39, 0.29) is 0 Å². The van der Waals surface area contributed by atoms with Crippen LogP contribution >= 0.6 is 0 Å². The van der Waals surface area contributed by atoms with Crippen LogP contribution < -0.4 is 0 Å². The van der Waals surface area contributed by atoms with Crippen molar-refractivity contribution in [3.05, 3.63) is 6.42 Å². The minimum absolute atomic E-state index is 0.845. The number of nitrogens with zero attached hydrogens (tertiary/aromatic N) is 2. The molecule has 0 amide bonds. The lowest BCUT2D eigenvalue weighted by molar-refractivity contribution is 0.0932. The van der Waals surface area contributed by atoms with Crippen molar-refractivity contribution in [2.75, 3.05) is 33.2 Å². The molecule has 2 nitrogen and oxygen atoms in total. The maximum atomic E-state index is 2.59. The minimum Gasteiger partial charge on any atom is -0.304 e. The van der Waals surface area contributed by atoms with Crippen LogP contribution in [-0.4, -0.2) is 49.1 Å². The lowest BCUT2D eigenvalue weighted by atomic mass is 9.84. The smallest absolute Gasteiger partial charge is 0.0124 e. The molecule has 0 aromatic rings. The Hall–Kier alpha value is -0.0800. The molecule has 0 spiro atoms. The summed E-state index contributed by atoms with van der Waals surface area (Å²) >= 11 is 0. The van der Waals surface area contributed by atoms with E-state index in [9.17, 15) is 0 Å². The summed E-state index contributed by atoms with van der Waals surface area (Å²) in [5.41, 5.74) is 0. The summed E-state index contributed by atoms with van der Waals surface area (Å²) in [4.78, 5) is 5.18. The second kappa shape index (κ2) is 5.31. The van der Waals surface area contributed by atoms with Gasteiger partial charge in [-0.25, -0.2) is 0 Å². The van der Waals surface area contributed by atoms with E-state index in [1.165, 1.54) is 51.9 Å². The third-order valence-electron chi connectivity index (χ3n) is 4.28. The third kappa shape index (κ3) is 2.73. The van der Waals surface area contributed by atoms with Crippen molar-refractivity contribution in [1.29, 1.82) is 0 Å². The highest BCUT2D eigenvalue weighted by Crippen LogP contribution is 2.28. The number of hydrogen-bond acceptors (Lipinski definition) is 2. The Balaban J connectivity index is 1.83. The Morgan fingerprint density at radius 2 is 1.93 bits per heavy atom. The van der Waals surface area contributed by atoms with Crippen molar-refractivity contribution in [2.45, 2.75) is 38.6 Å². The summed E-state index contributed by atoms with van der Waals surface area (Å²) in [6, 6.07) is 0.845. The summed E-state index contributed by atoms with van der Waals surface area (Å²) in [6.45, 7) is 7.44. The second-order valence-corrected chi connectivity index (χ2v) is 5.13. The molecular weight excluding hydrogens is 184 g/mol. The van der Waals surface area contributed by atoms with Gasteiger partial charge in [-0.1, -0.05) is 6.92 Å². The van der Waals surface area contributed by atoms with E-state index in [2.05, 4.69) is 30.2 Å². The molecule has 1 radical (unpaired) electrons. The molecule has 2 fully saturated rings. The van der Waals surface area contributed by atoms with Crippen LogP contribution in [0.5, 0.6) is 0 Å². The number of rotatable bonds is 2. The molecule has 0 aromatic heterocycles. The highest BCUT2D eigenvalue weighted by molar-refractivity contribution is 4.90. The Morgan fingerprint density at radius 3 is 2.53 bits per heavy atom. The zero-order chi connectivity index (χ0) is 10.7. The third-order valence-corrected chi connectivity index (χ3v) is 4.28. The molecule has 0 N–H and O–H groups in total. The Labute approximate surface area is 94.6 Å². The second-order valence-electron chi connectivity index (χ2n) is 5.13. The molecule has 0 bridgehead atoms. The van der Waals surface area contributed by atoms with E-state index in [1.807, 2.05) is 0 Å². The van der Waals surface area contributed by atoms with Gasteiger partial charge in [-0.15, -0.1) is 0 Å². The standard InChI is InChI=1S/C13H25N2/c1-3-15-10-7-12(8-11-15)13-6-4-5-9-14(13)2/h4,12-13H,3,5-11H2,1-2H3. The van der Waals surface area contributed by atoms with Gasteiger partial charge in [0.15, 0.2) is 0 Å². The van der Waals surface area contributed by atoms with Crippen molar-refractivity contribution >= 4 is 0 Å². The van der Waals surface area contributed by atoms with E-state index in [4.69, 9.17) is 0 Å². The van der Waals surface area contributed by atoms with Gasteiger partial charge in [0, 0.05) is 6.04 Å². The largest absolute Gasteiger partial charge is 0.304 e. The number of piperidine rings is 2. The molecule has 0 aliphatic carbocycles. The SMILES string of the molecule is CCN1CCC(C2C[CH]CCN2C)CC1. The van der Waals surface area contributed by atoms with Crippen LogP contribution in [0.4, 0.5) is 0 Å². The Bertz CT molecular complexity index is 185. The molecule has 1 unspecified atom stereocenters. The molecule has 2 heteroatoms. The topological polar surface area (TPSA) is 6.48 Å². The molecule has 2 heterocycles. The average Bonchev–Trinajstić information content (AvgIpc) is 2.30. The Morgan fingerprint density at radius 1 is 1.20 bits per heavy atom. The quantitative estimate of drug-likeness (QED) is 0.686. The van der Waals surface area contributed by atoms with Crippen molar-refractivity contribution in [3.63, 3.8) is 0 Å². The van der Waals surface area contributed by atoms with Crippen LogP contribution in [-0.2, 0) is 0 Å². The lowest BCUT2D eigenvalue weighted by Gasteiger charge is -2.42. The van der Waals surface area contributed by atoms with Gasteiger partial charge in [-0.2, -0.15) is 0 Å². The van der Waals surface area contributed by atoms with Gasteiger partial charge in [0.25, 0.3) is 0 Å². The van der Waals surface area contributed by atoms with Gasteiger partial charge in [-0.05, 0) is 71.2 Å². The molecule has 0 saturated carbocycles. The first kappa shape index (κ1) is 11.4. The molecule has 87 valence electrons. The van der Waals surface area contributed by atoms with Gasteiger partial charge in [0.2, 0.25) is 0 Å². The van der Waals surface area contributed by atoms with Crippen molar-refractivity contribution in [3.8, 4) is 0 Å². The summed E-state index contributed by atoms with van der Waals surface area (Å²) in [7, 11) is 2.31. The zero-order valence-corrected chi connectivity index (χ0v) is 10.3. The van der Waals surface area contributed by atoms with Gasteiger partial charge >= 0.3 is 0 Å². The fraction of sp³-hybridized carbons (Fsp3) is 0.923. The van der Waals surface area contributed by atoms with E-state index in [0.717, 1.165) is 12.0 Å². The van der Waals surface area contributed by atoms with Crippen LogP contribution in [0, 0.1) is 12.3 Å². The van der Waals surface area contributed by atoms with E-state index in [1.54, 1.807) is 0 Å². The summed E-state index contributed by atoms with van der Waals surface area (Å²) in [5.74, 6) is 0.953. The van der Waals surface area contributed by atoms with Crippen LogP contribution in [0.1, 0.15) is 32.6 Å². The first-order chi connectivity index (χ1) is 7.31. The summed E-state index contributed by atoms with van der Waals surface area (Å²) in [5, 5.41) is 0. The molecule has 2 aliphatic heterocycles. The van der Waals surface area contributed by atoms with E-state index < -0.39 is 0 Å². The summed E-state index contributed by atoms with van der Waals surface area (Å²) < 4.78 is 0. The van der Waals surface area contributed by atoms with Gasteiger partial charge in [-0.3, -0.25) is 0 Å². The fourth-order valence-corrected chi connectivity index (χ4v) is 3.14. The highest BCUT2D eigenvalue weighted by Gasteiger charge is 2.29. The molecule has 2 saturated heterocycles.